The lowest BCUT2D eigenvalue weighted by Gasteiger charge is -2.33. The van der Waals surface area contributed by atoms with E-state index in [9.17, 15) is 9.59 Å². The van der Waals surface area contributed by atoms with E-state index in [4.69, 9.17) is 22.1 Å². The Hall–Kier alpha value is -2.83. The molecule has 1 saturated heterocycles. The highest BCUT2D eigenvalue weighted by Gasteiger charge is 2.46. The fourth-order valence-corrected chi connectivity index (χ4v) is 6.34. The van der Waals surface area contributed by atoms with Crippen molar-refractivity contribution in [2.24, 2.45) is 17.6 Å². The molecule has 7 heteroatoms. The van der Waals surface area contributed by atoms with E-state index < -0.39 is 0 Å². The second-order valence-electron chi connectivity index (χ2n) is 10.4. The van der Waals surface area contributed by atoms with E-state index in [0.29, 0.717) is 34.8 Å². The first-order valence-electron chi connectivity index (χ1n) is 12.5. The van der Waals surface area contributed by atoms with E-state index in [1.165, 1.54) is 5.69 Å². The van der Waals surface area contributed by atoms with Crippen LogP contribution in [0.25, 0.3) is 5.70 Å². The van der Waals surface area contributed by atoms with E-state index in [1.54, 1.807) is 0 Å². The Morgan fingerprint density at radius 1 is 1.23 bits per heavy atom. The maximum Gasteiger partial charge on any atom is 0.251 e. The first-order chi connectivity index (χ1) is 16.9. The zero-order valence-electron chi connectivity index (χ0n) is 19.9. The van der Waals surface area contributed by atoms with Gasteiger partial charge in [-0.15, -0.1) is 0 Å². The molecule has 3 N–H and O–H groups in total. The summed E-state index contributed by atoms with van der Waals surface area (Å²) in [5, 5.41) is 3.45. The van der Waals surface area contributed by atoms with Crippen LogP contribution in [0.4, 0.5) is 5.69 Å². The summed E-state index contributed by atoms with van der Waals surface area (Å²) in [5.74, 6) is 0.590. The largest absolute Gasteiger partial charge is 0.398 e. The smallest absolute Gasteiger partial charge is 0.251 e. The molecule has 2 aromatic carbocycles. The number of aryl methyl sites for hydroxylation is 1. The molecule has 0 unspecified atom stereocenters. The number of benzene rings is 2. The van der Waals surface area contributed by atoms with Crippen LogP contribution in [0.3, 0.4) is 0 Å². The third-order valence-electron chi connectivity index (χ3n) is 8.09. The molecule has 1 amide bonds. The lowest BCUT2D eigenvalue weighted by atomic mass is 9.98. The van der Waals surface area contributed by atoms with Gasteiger partial charge in [-0.3, -0.25) is 9.59 Å². The van der Waals surface area contributed by atoms with Crippen molar-refractivity contribution in [2.75, 3.05) is 18.1 Å². The van der Waals surface area contributed by atoms with Gasteiger partial charge in [-0.2, -0.15) is 0 Å². The summed E-state index contributed by atoms with van der Waals surface area (Å²) in [5.41, 5.74) is 12.3. The van der Waals surface area contributed by atoms with Gasteiger partial charge in [0.1, 0.15) is 0 Å². The van der Waals surface area contributed by atoms with E-state index >= 15 is 0 Å². The zero-order valence-corrected chi connectivity index (χ0v) is 20.6. The molecule has 0 aromatic heterocycles. The van der Waals surface area contributed by atoms with Crippen LogP contribution in [0.1, 0.15) is 52.7 Å². The minimum absolute atomic E-state index is 0.0128. The summed E-state index contributed by atoms with van der Waals surface area (Å²) in [7, 11) is 0. The second kappa shape index (κ2) is 8.68. The number of rotatable bonds is 7. The molecule has 6 rings (SSSR count). The molecule has 0 spiro atoms. The molecule has 2 aromatic rings. The van der Waals surface area contributed by atoms with Crippen molar-refractivity contribution < 1.29 is 14.3 Å². The van der Waals surface area contributed by atoms with Crippen LogP contribution in [0.15, 0.2) is 42.0 Å². The number of carbonyl (C=O) groups is 2. The number of piperidine rings is 1. The maximum absolute atomic E-state index is 13.2. The highest BCUT2D eigenvalue weighted by molar-refractivity contribution is 6.32. The van der Waals surface area contributed by atoms with Gasteiger partial charge in [-0.05, 0) is 68.0 Å². The van der Waals surface area contributed by atoms with E-state index in [2.05, 4.69) is 22.3 Å². The molecule has 182 valence electrons. The number of hydrogen-bond acceptors (Lipinski definition) is 5. The van der Waals surface area contributed by atoms with Gasteiger partial charge < -0.3 is 20.7 Å². The van der Waals surface area contributed by atoms with Gasteiger partial charge in [0.2, 0.25) is 0 Å². The third kappa shape index (κ3) is 4.03. The molecule has 2 heterocycles. The number of ketones is 1. The average molecular weight is 492 g/mol. The van der Waals surface area contributed by atoms with Gasteiger partial charge >= 0.3 is 0 Å². The molecular formula is C28H30ClN3O3. The van der Waals surface area contributed by atoms with Crippen molar-refractivity contribution in [2.45, 2.75) is 51.3 Å². The van der Waals surface area contributed by atoms with Crippen molar-refractivity contribution >= 4 is 34.7 Å². The predicted octanol–water partition coefficient (Wildman–Crippen LogP) is 4.22. The zero-order chi connectivity index (χ0) is 24.3. The van der Waals surface area contributed by atoms with E-state index in [0.717, 1.165) is 54.5 Å². The number of amides is 1. The number of ether oxygens (including phenoxy) is 1. The van der Waals surface area contributed by atoms with Gasteiger partial charge in [0.15, 0.2) is 5.78 Å². The summed E-state index contributed by atoms with van der Waals surface area (Å²) >= 11 is 6.47. The van der Waals surface area contributed by atoms with Gasteiger partial charge in [-0.1, -0.05) is 23.7 Å². The van der Waals surface area contributed by atoms with Crippen molar-refractivity contribution in [1.82, 2.24) is 5.32 Å². The lowest BCUT2D eigenvalue weighted by molar-refractivity contribution is -0.117. The Bertz CT molecular complexity index is 1230. The number of fused-ring (bicyclic) bond motifs is 3. The molecule has 3 fully saturated rings. The Kier molecular flexibility index (Phi) is 5.61. The molecule has 4 aliphatic rings. The van der Waals surface area contributed by atoms with Gasteiger partial charge in [0.05, 0.1) is 17.7 Å². The van der Waals surface area contributed by atoms with Crippen LogP contribution < -0.4 is 16.0 Å². The molecule has 0 radical (unpaired) electrons. The van der Waals surface area contributed by atoms with Gasteiger partial charge in [-0.25, -0.2) is 0 Å². The molecule has 6 nitrogen and oxygen atoms in total. The SMILES string of the molecule is Cc1cccc(Cl)c1C(N)=C(CO[C@@H]1C[C@@H]2C[C@H]1CN2c1ccc2c(c1)CNC2=O)C(=O)C1CC1. The van der Waals surface area contributed by atoms with Crippen LogP contribution in [-0.4, -0.2) is 37.0 Å². The summed E-state index contributed by atoms with van der Waals surface area (Å²) in [6.45, 7) is 3.71. The summed E-state index contributed by atoms with van der Waals surface area (Å²) in [6, 6.07) is 12.2. The minimum atomic E-state index is 0.0128. The molecule has 2 aliphatic heterocycles. The third-order valence-corrected chi connectivity index (χ3v) is 8.40. The standard InChI is InChI=1S/C28H30ClN3O3/c1-15-3-2-4-23(29)25(15)26(30)22(27(33)16-5-6-16)14-35-24-11-20-10-18(24)13-32(20)19-7-8-21-17(9-19)12-31-28(21)34/h2-4,7-9,16,18,20,24H,5-6,10-14,30H2,1H3,(H,31,34)/t18-,20-,24+/m0/s1. The molecule has 2 aliphatic carbocycles. The van der Waals surface area contributed by atoms with Crippen molar-refractivity contribution in [3.05, 3.63) is 69.2 Å². The lowest BCUT2D eigenvalue weighted by Crippen LogP contribution is -2.39. The molecule has 2 bridgehead atoms. The molecule has 3 atom stereocenters. The highest BCUT2D eigenvalue weighted by atomic mass is 35.5. The Balaban J connectivity index is 1.17. The number of carbonyl (C=O) groups excluding carboxylic acids is 2. The summed E-state index contributed by atoms with van der Waals surface area (Å²) in [4.78, 5) is 27.5. The number of nitrogens with one attached hydrogen (secondary N) is 1. The van der Waals surface area contributed by atoms with Crippen LogP contribution in [0.2, 0.25) is 5.02 Å². The Labute approximate surface area is 210 Å². The normalized spacial score (nSPS) is 25.5. The first kappa shape index (κ1) is 22.6. The van der Waals surface area contributed by atoms with Crippen LogP contribution in [0, 0.1) is 18.8 Å². The fourth-order valence-electron chi connectivity index (χ4n) is 6.01. The number of Topliss-reactive ketones (excluding diaryl/α,β-unsaturated/α-hetero) is 1. The minimum Gasteiger partial charge on any atom is -0.398 e. The number of halogens is 1. The fraction of sp³-hybridized carbons (Fsp3) is 0.429. The average Bonchev–Trinajstić information content (AvgIpc) is 3.36. The van der Waals surface area contributed by atoms with Crippen LogP contribution >= 0.6 is 11.6 Å². The second-order valence-corrected chi connectivity index (χ2v) is 10.8. The number of nitrogens with two attached hydrogens (primary N) is 1. The highest BCUT2D eigenvalue weighted by Crippen LogP contribution is 2.43. The molecular weight excluding hydrogens is 462 g/mol. The maximum atomic E-state index is 13.2. The Morgan fingerprint density at radius 2 is 2.06 bits per heavy atom. The molecule has 35 heavy (non-hydrogen) atoms. The quantitative estimate of drug-likeness (QED) is 0.566. The summed E-state index contributed by atoms with van der Waals surface area (Å²) < 4.78 is 6.41. The van der Waals surface area contributed by atoms with E-state index in [-0.39, 0.29) is 30.3 Å². The number of hydrogen-bond donors (Lipinski definition) is 2. The topological polar surface area (TPSA) is 84.7 Å². The number of anilines is 1. The van der Waals surface area contributed by atoms with Gasteiger partial charge in [0.25, 0.3) is 5.91 Å². The van der Waals surface area contributed by atoms with Gasteiger partial charge in [0, 0.05) is 59.1 Å². The predicted molar refractivity (Wildman–Crippen MR) is 136 cm³/mol. The summed E-state index contributed by atoms with van der Waals surface area (Å²) in [6.07, 6.45) is 3.95. The Morgan fingerprint density at radius 3 is 2.77 bits per heavy atom. The van der Waals surface area contributed by atoms with Crippen molar-refractivity contribution in [1.29, 1.82) is 0 Å². The van der Waals surface area contributed by atoms with Crippen LogP contribution in [0.5, 0.6) is 0 Å². The monoisotopic (exact) mass is 491 g/mol. The van der Waals surface area contributed by atoms with E-state index in [1.807, 2.05) is 31.2 Å². The van der Waals surface area contributed by atoms with Crippen LogP contribution in [-0.2, 0) is 16.1 Å². The van der Waals surface area contributed by atoms with Crippen molar-refractivity contribution in [3.63, 3.8) is 0 Å². The first-order valence-corrected chi connectivity index (χ1v) is 12.9. The molecule has 2 saturated carbocycles. The number of nitrogens with zero attached hydrogens (tertiary/aromatic N) is 1. The van der Waals surface area contributed by atoms with Crippen molar-refractivity contribution in [3.8, 4) is 0 Å².